The summed E-state index contributed by atoms with van der Waals surface area (Å²) in [5, 5.41) is 0.974. The Balaban J connectivity index is 1.72. The van der Waals surface area contributed by atoms with Crippen molar-refractivity contribution in [2.75, 3.05) is 38.1 Å². The molecule has 0 unspecified atom stereocenters. The van der Waals surface area contributed by atoms with E-state index in [9.17, 15) is 4.79 Å². The van der Waals surface area contributed by atoms with E-state index in [0.717, 1.165) is 60.1 Å². The first-order valence-corrected chi connectivity index (χ1v) is 11.1. The summed E-state index contributed by atoms with van der Waals surface area (Å²) in [5.41, 5.74) is 4.87. The van der Waals surface area contributed by atoms with Crippen LogP contribution in [0.5, 0.6) is 0 Å². The van der Waals surface area contributed by atoms with Gasteiger partial charge in [-0.3, -0.25) is 4.79 Å². The Hall–Kier alpha value is -3.22. The van der Waals surface area contributed by atoms with E-state index in [1.165, 1.54) is 0 Å². The number of halogens is 1. The summed E-state index contributed by atoms with van der Waals surface area (Å²) in [6, 6.07) is 17.4. The number of benzene rings is 1. The van der Waals surface area contributed by atoms with Crippen molar-refractivity contribution in [2.45, 2.75) is 6.92 Å². The van der Waals surface area contributed by atoms with Gasteiger partial charge in [-0.1, -0.05) is 41.9 Å². The van der Waals surface area contributed by atoms with Gasteiger partial charge in [0.25, 0.3) is 0 Å². The fraction of sp³-hybridized carbons (Fsp3) is 0.240. The van der Waals surface area contributed by atoms with Gasteiger partial charge in [-0.25, -0.2) is 9.97 Å². The highest BCUT2D eigenvalue weighted by Crippen LogP contribution is 2.34. The fourth-order valence-corrected chi connectivity index (χ4v) is 4.44. The largest absolute Gasteiger partial charge is 0.355 e. The molecule has 1 aliphatic heterocycles. The molecule has 3 aromatic heterocycles. The van der Waals surface area contributed by atoms with Crippen molar-refractivity contribution >= 4 is 28.5 Å². The quantitative estimate of drug-likeness (QED) is 0.474. The minimum Gasteiger partial charge on any atom is -0.355 e. The van der Waals surface area contributed by atoms with Crippen molar-refractivity contribution in [3.8, 4) is 22.4 Å². The molecule has 4 heterocycles. The second-order valence-corrected chi connectivity index (χ2v) is 8.66. The van der Waals surface area contributed by atoms with E-state index in [0.29, 0.717) is 16.2 Å². The molecular weight excluding hydrogens is 422 g/mol. The monoisotopic (exact) mass is 445 g/mol. The van der Waals surface area contributed by atoms with Crippen LogP contribution in [-0.4, -0.2) is 53.1 Å². The van der Waals surface area contributed by atoms with Crippen molar-refractivity contribution in [3.05, 3.63) is 75.7 Å². The highest BCUT2D eigenvalue weighted by Gasteiger charge is 2.18. The van der Waals surface area contributed by atoms with Gasteiger partial charge in [0.05, 0.1) is 11.1 Å². The first kappa shape index (κ1) is 20.7. The van der Waals surface area contributed by atoms with Gasteiger partial charge in [-0.05, 0) is 37.7 Å². The number of likely N-dealkylation sites (N-methyl/N-ethyl adjacent to an activating group) is 1. The topological polar surface area (TPSA) is 65.1 Å². The highest BCUT2D eigenvalue weighted by atomic mass is 35.5. The number of nitrogens with zero attached hydrogens (tertiary/aromatic N) is 4. The first-order valence-electron chi connectivity index (χ1n) is 10.7. The average molecular weight is 446 g/mol. The molecule has 6 nitrogen and oxygen atoms in total. The van der Waals surface area contributed by atoms with Crippen LogP contribution in [0.3, 0.4) is 0 Å². The van der Waals surface area contributed by atoms with Crippen LogP contribution < -0.4 is 10.3 Å². The summed E-state index contributed by atoms with van der Waals surface area (Å²) in [5.74, 6) is 0.817. The Bertz CT molecular complexity index is 1320. The van der Waals surface area contributed by atoms with E-state index in [1.807, 2.05) is 55.5 Å². The number of fused-ring (bicyclic) bond motifs is 1. The van der Waals surface area contributed by atoms with Gasteiger partial charge in [0, 0.05) is 49.1 Å². The molecule has 5 rings (SSSR count). The number of aromatic nitrogens is 3. The number of aryl methyl sites for hydroxylation is 1. The van der Waals surface area contributed by atoms with E-state index >= 15 is 0 Å². The lowest BCUT2D eigenvalue weighted by molar-refractivity contribution is 0.312. The molecule has 0 spiro atoms. The molecule has 4 aromatic rings. The lowest BCUT2D eigenvalue weighted by atomic mass is 9.98. The Labute approximate surface area is 191 Å². The molecule has 0 bridgehead atoms. The smallest absolute Gasteiger partial charge is 0.193 e. The molecule has 7 heteroatoms. The zero-order valence-corrected chi connectivity index (χ0v) is 18.9. The summed E-state index contributed by atoms with van der Waals surface area (Å²) in [6.07, 6.45) is 0. The van der Waals surface area contributed by atoms with Gasteiger partial charge in [-0.2, -0.15) is 0 Å². The number of anilines is 1. The molecule has 162 valence electrons. The number of H-pyrrole nitrogens is 1. The zero-order chi connectivity index (χ0) is 22.2. The highest BCUT2D eigenvalue weighted by molar-refractivity contribution is 6.29. The number of piperazine rings is 1. The molecule has 0 amide bonds. The van der Waals surface area contributed by atoms with Gasteiger partial charge in [0.1, 0.15) is 16.6 Å². The van der Waals surface area contributed by atoms with Crippen molar-refractivity contribution < 1.29 is 0 Å². The minimum atomic E-state index is -0.0436. The van der Waals surface area contributed by atoms with Crippen LogP contribution in [-0.2, 0) is 0 Å². The van der Waals surface area contributed by atoms with Crippen LogP contribution >= 0.6 is 11.6 Å². The molecule has 1 fully saturated rings. The molecule has 1 aromatic carbocycles. The number of pyridine rings is 3. The number of rotatable bonds is 3. The van der Waals surface area contributed by atoms with E-state index in [4.69, 9.17) is 16.6 Å². The summed E-state index contributed by atoms with van der Waals surface area (Å²) >= 11 is 6.26. The molecule has 0 saturated carbocycles. The normalized spacial score (nSPS) is 14.8. The van der Waals surface area contributed by atoms with Gasteiger partial charge in [-0.15, -0.1) is 0 Å². The number of hydrogen-bond acceptors (Lipinski definition) is 5. The van der Waals surface area contributed by atoms with Gasteiger partial charge in [0.15, 0.2) is 5.43 Å². The van der Waals surface area contributed by atoms with Gasteiger partial charge < -0.3 is 14.8 Å². The lowest BCUT2D eigenvalue weighted by Crippen LogP contribution is -2.45. The lowest BCUT2D eigenvalue weighted by Gasteiger charge is -2.33. The molecule has 32 heavy (non-hydrogen) atoms. The maximum absolute atomic E-state index is 13.1. The van der Waals surface area contributed by atoms with Crippen LogP contribution in [0.4, 0.5) is 5.82 Å². The summed E-state index contributed by atoms with van der Waals surface area (Å²) in [7, 11) is 2.11. The maximum atomic E-state index is 13.1. The molecular formula is C25H24ClN5O. The SMILES string of the molecule is Cc1cc(-c2cc3c(=O)cc(N4CCN(C)CC4)[nH]c3nc2-c2ccccc2)cc(Cl)n1. The maximum Gasteiger partial charge on any atom is 0.193 e. The third-order valence-corrected chi connectivity index (χ3v) is 6.12. The second-order valence-electron chi connectivity index (χ2n) is 8.28. The summed E-state index contributed by atoms with van der Waals surface area (Å²) in [6.45, 7) is 5.57. The Morgan fingerprint density at radius 2 is 1.69 bits per heavy atom. The van der Waals surface area contributed by atoms with Crippen molar-refractivity contribution in [1.29, 1.82) is 0 Å². The van der Waals surface area contributed by atoms with Crippen LogP contribution in [0.15, 0.2) is 59.4 Å². The molecule has 1 saturated heterocycles. The molecule has 0 aliphatic carbocycles. The molecule has 1 aliphatic rings. The number of aromatic amines is 1. The zero-order valence-electron chi connectivity index (χ0n) is 18.1. The minimum absolute atomic E-state index is 0.0436. The molecule has 1 N–H and O–H groups in total. The van der Waals surface area contributed by atoms with Crippen LogP contribution in [0.25, 0.3) is 33.4 Å². The van der Waals surface area contributed by atoms with Gasteiger partial charge in [0.2, 0.25) is 0 Å². The van der Waals surface area contributed by atoms with Gasteiger partial charge >= 0.3 is 0 Å². The third kappa shape index (κ3) is 3.99. The van der Waals surface area contributed by atoms with E-state index in [1.54, 1.807) is 6.07 Å². The van der Waals surface area contributed by atoms with E-state index < -0.39 is 0 Å². The predicted molar refractivity (Wildman–Crippen MR) is 130 cm³/mol. The van der Waals surface area contributed by atoms with Crippen molar-refractivity contribution in [2.24, 2.45) is 0 Å². The summed E-state index contributed by atoms with van der Waals surface area (Å²) < 4.78 is 0. The second kappa shape index (κ2) is 8.37. The molecule has 0 radical (unpaired) electrons. The summed E-state index contributed by atoms with van der Waals surface area (Å²) in [4.78, 5) is 30.3. The van der Waals surface area contributed by atoms with Crippen molar-refractivity contribution in [1.82, 2.24) is 19.9 Å². The predicted octanol–water partition coefficient (Wildman–Crippen LogP) is 4.37. The number of hydrogen-bond donors (Lipinski definition) is 1. The molecule has 0 atom stereocenters. The van der Waals surface area contributed by atoms with E-state index in [-0.39, 0.29) is 5.43 Å². The number of nitrogens with one attached hydrogen (secondary N) is 1. The van der Waals surface area contributed by atoms with Crippen LogP contribution in [0.1, 0.15) is 5.69 Å². The fourth-order valence-electron chi connectivity index (χ4n) is 4.19. The van der Waals surface area contributed by atoms with Crippen LogP contribution in [0.2, 0.25) is 5.15 Å². The third-order valence-electron chi connectivity index (χ3n) is 5.93. The Kier molecular flexibility index (Phi) is 5.41. The van der Waals surface area contributed by atoms with Crippen molar-refractivity contribution in [3.63, 3.8) is 0 Å². The Morgan fingerprint density at radius 3 is 2.41 bits per heavy atom. The van der Waals surface area contributed by atoms with E-state index in [2.05, 4.69) is 26.8 Å². The first-order chi connectivity index (χ1) is 15.5. The van der Waals surface area contributed by atoms with Crippen LogP contribution in [0, 0.1) is 6.92 Å². The average Bonchev–Trinajstić information content (AvgIpc) is 2.78. The standard InChI is InChI=1S/C25H24ClN5O/c1-16-12-18(13-22(26)27-16)19-14-20-21(32)15-23(31-10-8-30(2)9-11-31)28-25(20)29-24(19)17-6-4-3-5-7-17/h3-7,12-15H,8-11H2,1-2H3,(H,28,29,32). The Morgan fingerprint density at radius 1 is 0.938 bits per heavy atom.